The Labute approximate surface area is 148 Å². The van der Waals surface area contributed by atoms with E-state index in [1.165, 1.54) is 31.2 Å². The minimum Gasteiger partial charge on any atom is -0.325 e. The topological polar surface area (TPSA) is 75.3 Å². The first kappa shape index (κ1) is 17.9. The highest BCUT2D eigenvalue weighted by Gasteiger charge is 2.22. The van der Waals surface area contributed by atoms with Gasteiger partial charge in [0, 0.05) is 15.2 Å². The number of benzene rings is 2. The van der Waals surface area contributed by atoms with Gasteiger partial charge in [-0.25, -0.2) is 8.42 Å². The summed E-state index contributed by atoms with van der Waals surface area (Å²) in [5.74, 6) is -0.454. The molecular formula is C15H14BrClN2O3S. The number of hydrogen-bond acceptors (Lipinski definition) is 3. The van der Waals surface area contributed by atoms with Crippen LogP contribution in [0.4, 0.5) is 5.69 Å². The van der Waals surface area contributed by atoms with Crippen molar-refractivity contribution in [3.8, 4) is 0 Å². The highest BCUT2D eigenvalue weighted by atomic mass is 79.9. The molecule has 2 rings (SSSR count). The van der Waals surface area contributed by atoms with Crippen molar-refractivity contribution >= 4 is 49.1 Å². The molecule has 2 aromatic rings. The van der Waals surface area contributed by atoms with Gasteiger partial charge in [-0.15, -0.1) is 0 Å². The molecule has 0 spiro atoms. The Morgan fingerprint density at radius 3 is 2.22 bits per heavy atom. The monoisotopic (exact) mass is 416 g/mol. The maximum absolute atomic E-state index is 12.2. The van der Waals surface area contributed by atoms with Crippen LogP contribution in [0, 0.1) is 0 Å². The van der Waals surface area contributed by atoms with Crippen LogP contribution in [0.1, 0.15) is 6.92 Å². The minimum atomic E-state index is -3.80. The average molecular weight is 418 g/mol. The van der Waals surface area contributed by atoms with Gasteiger partial charge in [-0.05, 0) is 55.5 Å². The van der Waals surface area contributed by atoms with Gasteiger partial charge in [0.25, 0.3) is 0 Å². The van der Waals surface area contributed by atoms with E-state index in [0.29, 0.717) is 10.7 Å². The molecule has 0 heterocycles. The molecule has 0 bridgehead atoms. The van der Waals surface area contributed by atoms with Crippen LogP contribution < -0.4 is 10.0 Å². The molecule has 0 saturated heterocycles. The fraction of sp³-hybridized carbons (Fsp3) is 0.133. The third-order valence-electron chi connectivity index (χ3n) is 2.96. The zero-order valence-corrected chi connectivity index (χ0v) is 15.2. The van der Waals surface area contributed by atoms with Crippen LogP contribution in [-0.2, 0) is 14.8 Å². The molecule has 5 nitrogen and oxygen atoms in total. The molecule has 0 aliphatic rings. The normalized spacial score (nSPS) is 12.7. The van der Waals surface area contributed by atoms with Crippen LogP contribution in [0.2, 0.25) is 5.02 Å². The summed E-state index contributed by atoms with van der Waals surface area (Å²) in [5, 5.41) is 3.08. The number of carbonyl (C=O) groups excluding carboxylic acids is 1. The number of anilines is 1. The molecule has 23 heavy (non-hydrogen) atoms. The molecule has 8 heteroatoms. The number of sulfonamides is 1. The van der Waals surface area contributed by atoms with E-state index < -0.39 is 22.0 Å². The Hall–Kier alpha value is -1.41. The van der Waals surface area contributed by atoms with Crippen LogP contribution in [-0.4, -0.2) is 20.4 Å². The smallest absolute Gasteiger partial charge is 0.242 e. The zero-order valence-electron chi connectivity index (χ0n) is 12.1. The second kappa shape index (κ2) is 7.44. The van der Waals surface area contributed by atoms with Crippen LogP contribution in [0.3, 0.4) is 0 Å². The second-order valence-electron chi connectivity index (χ2n) is 4.79. The van der Waals surface area contributed by atoms with Gasteiger partial charge in [-0.2, -0.15) is 4.72 Å². The van der Waals surface area contributed by atoms with Gasteiger partial charge in [-0.3, -0.25) is 4.79 Å². The van der Waals surface area contributed by atoms with Crippen LogP contribution in [0.25, 0.3) is 0 Å². The lowest BCUT2D eigenvalue weighted by Gasteiger charge is -2.14. The lowest BCUT2D eigenvalue weighted by atomic mass is 10.3. The Morgan fingerprint density at radius 2 is 1.65 bits per heavy atom. The third kappa shape index (κ3) is 5.04. The molecule has 2 N–H and O–H groups in total. The van der Waals surface area contributed by atoms with Crippen molar-refractivity contribution in [2.24, 2.45) is 0 Å². The van der Waals surface area contributed by atoms with E-state index in [1.807, 2.05) is 0 Å². The van der Waals surface area contributed by atoms with Crippen molar-refractivity contribution in [3.05, 3.63) is 58.0 Å². The predicted octanol–water partition coefficient (Wildman–Crippen LogP) is 3.41. The van der Waals surface area contributed by atoms with E-state index in [1.54, 1.807) is 24.3 Å². The molecule has 0 radical (unpaired) electrons. The van der Waals surface area contributed by atoms with E-state index >= 15 is 0 Å². The van der Waals surface area contributed by atoms with Gasteiger partial charge in [0.1, 0.15) is 0 Å². The molecule has 122 valence electrons. The second-order valence-corrected chi connectivity index (χ2v) is 7.86. The molecule has 1 atom stereocenters. The van der Waals surface area contributed by atoms with Crippen molar-refractivity contribution in [2.45, 2.75) is 17.9 Å². The predicted molar refractivity (Wildman–Crippen MR) is 94.0 cm³/mol. The zero-order chi connectivity index (χ0) is 17.0. The highest BCUT2D eigenvalue weighted by molar-refractivity contribution is 9.10. The van der Waals surface area contributed by atoms with E-state index in [0.717, 1.165) is 4.47 Å². The number of amides is 1. The quantitative estimate of drug-likeness (QED) is 0.783. The SMILES string of the molecule is CC(NS(=O)(=O)c1ccc(Cl)cc1)C(=O)Nc1ccc(Br)cc1. The van der Waals surface area contributed by atoms with Crippen molar-refractivity contribution in [1.29, 1.82) is 0 Å². The molecule has 1 amide bonds. The fourth-order valence-electron chi connectivity index (χ4n) is 1.75. The van der Waals surface area contributed by atoms with Crippen LogP contribution in [0.15, 0.2) is 57.9 Å². The Balaban J connectivity index is 2.05. The van der Waals surface area contributed by atoms with Crippen molar-refractivity contribution in [3.63, 3.8) is 0 Å². The molecule has 0 saturated carbocycles. The third-order valence-corrected chi connectivity index (χ3v) is 5.30. The summed E-state index contributed by atoms with van der Waals surface area (Å²) >= 11 is 9.03. The van der Waals surface area contributed by atoms with Crippen molar-refractivity contribution in [1.82, 2.24) is 4.72 Å². The minimum absolute atomic E-state index is 0.0465. The van der Waals surface area contributed by atoms with Crippen molar-refractivity contribution in [2.75, 3.05) is 5.32 Å². The average Bonchev–Trinajstić information content (AvgIpc) is 2.49. The maximum Gasteiger partial charge on any atom is 0.242 e. The fourth-order valence-corrected chi connectivity index (χ4v) is 3.35. The molecule has 0 aliphatic heterocycles. The van der Waals surface area contributed by atoms with E-state index in [2.05, 4.69) is 26.0 Å². The van der Waals surface area contributed by atoms with E-state index in [4.69, 9.17) is 11.6 Å². The van der Waals surface area contributed by atoms with Gasteiger partial charge >= 0.3 is 0 Å². The number of carbonyl (C=O) groups is 1. The van der Waals surface area contributed by atoms with Crippen molar-refractivity contribution < 1.29 is 13.2 Å². The number of nitrogens with one attached hydrogen (secondary N) is 2. The molecule has 0 fully saturated rings. The Morgan fingerprint density at radius 1 is 1.09 bits per heavy atom. The summed E-state index contributed by atoms with van der Waals surface area (Å²) in [6.07, 6.45) is 0. The first-order valence-corrected chi connectivity index (χ1v) is 9.28. The molecular weight excluding hydrogens is 404 g/mol. The number of rotatable bonds is 5. The van der Waals surface area contributed by atoms with Gasteiger partial charge < -0.3 is 5.32 Å². The first-order chi connectivity index (χ1) is 10.8. The summed E-state index contributed by atoms with van der Waals surface area (Å²) in [5.41, 5.74) is 0.579. The number of halogens is 2. The molecule has 1 unspecified atom stereocenters. The summed E-state index contributed by atoms with van der Waals surface area (Å²) in [6.45, 7) is 1.47. The summed E-state index contributed by atoms with van der Waals surface area (Å²) in [4.78, 5) is 12.1. The van der Waals surface area contributed by atoms with Gasteiger partial charge in [0.2, 0.25) is 15.9 Å². The van der Waals surface area contributed by atoms with Gasteiger partial charge in [-0.1, -0.05) is 27.5 Å². The molecule has 0 aromatic heterocycles. The molecule has 2 aromatic carbocycles. The van der Waals surface area contributed by atoms with E-state index in [-0.39, 0.29) is 4.90 Å². The maximum atomic E-state index is 12.2. The largest absolute Gasteiger partial charge is 0.325 e. The Bertz CT molecular complexity index is 792. The highest BCUT2D eigenvalue weighted by Crippen LogP contribution is 2.16. The summed E-state index contributed by atoms with van der Waals surface area (Å²) in [7, 11) is -3.80. The molecule has 0 aliphatic carbocycles. The lowest BCUT2D eigenvalue weighted by Crippen LogP contribution is -2.41. The Kier molecular flexibility index (Phi) is 5.80. The summed E-state index contributed by atoms with van der Waals surface area (Å²) in [6, 6.07) is 11.7. The number of hydrogen-bond donors (Lipinski definition) is 2. The van der Waals surface area contributed by atoms with E-state index in [9.17, 15) is 13.2 Å². The van der Waals surface area contributed by atoms with Crippen LogP contribution in [0.5, 0.6) is 0 Å². The van der Waals surface area contributed by atoms with Crippen LogP contribution >= 0.6 is 27.5 Å². The summed E-state index contributed by atoms with van der Waals surface area (Å²) < 4.78 is 27.6. The standard InChI is InChI=1S/C15H14BrClN2O3S/c1-10(15(20)18-13-6-2-11(16)3-7-13)19-23(21,22)14-8-4-12(17)5-9-14/h2-10,19H,1H3,(H,18,20). The first-order valence-electron chi connectivity index (χ1n) is 6.62. The van der Waals surface area contributed by atoms with Gasteiger partial charge in [0.15, 0.2) is 0 Å². The van der Waals surface area contributed by atoms with Gasteiger partial charge in [0.05, 0.1) is 10.9 Å². The lowest BCUT2D eigenvalue weighted by molar-refractivity contribution is -0.117.